The minimum absolute atomic E-state index is 0. The van der Waals surface area contributed by atoms with Crippen molar-refractivity contribution in [3.05, 3.63) is 35.9 Å². The Kier molecular flexibility index (Phi) is 9.34. The Labute approximate surface area is 168 Å². The number of nitrogens with two attached hydrogens (primary N) is 1. The Morgan fingerprint density at radius 3 is 2.35 bits per heavy atom. The third-order valence-electron chi connectivity index (χ3n) is 5.60. The first kappa shape index (κ1) is 23.2. The van der Waals surface area contributed by atoms with Gasteiger partial charge in [0.1, 0.15) is 0 Å². The van der Waals surface area contributed by atoms with Gasteiger partial charge in [0.15, 0.2) is 0 Å². The van der Waals surface area contributed by atoms with E-state index in [9.17, 15) is 9.90 Å². The molecule has 1 amide bonds. The van der Waals surface area contributed by atoms with E-state index in [2.05, 4.69) is 36.2 Å². The lowest BCUT2D eigenvalue weighted by atomic mass is 9.99. The van der Waals surface area contributed by atoms with E-state index in [0.29, 0.717) is 18.9 Å². The van der Waals surface area contributed by atoms with Gasteiger partial charge in [-0.15, -0.1) is 24.8 Å². The van der Waals surface area contributed by atoms with E-state index in [1.54, 1.807) is 0 Å². The standard InChI is InChI=1S/C19H29N3O2.2ClH/c1-21(13-14-5-3-2-4-6-14)16-7-9-22(10-8-16)19(24)15-11-17(20)18(23)12-15;;/h2-6,15-18,23H,7-13,20H2,1H3;2*1H/t15-,17-,18-;;/m0../s1. The number of carbonyl (C=O) groups excluding carboxylic acids is 1. The summed E-state index contributed by atoms with van der Waals surface area (Å²) in [7, 11) is 2.17. The summed E-state index contributed by atoms with van der Waals surface area (Å²) < 4.78 is 0. The van der Waals surface area contributed by atoms with Gasteiger partial charge in [0.05, 0.1) is 6.10 Å². The van der Waals surface area contributed by atoms with Crippen molar-refractivity contribution >= 4 is 30.7 Å². The van der Waals surface area contributed by atoms with Crippen LogP contribution < -0.4 is 5.73 Å². The topological polar surface area (TPSA) is 69.8 Å². The van der Waals surface area contributed by atoms with Crippen molar-refractivity contribution in [1.82, 2.24) is 9.80 Å². The number of aliphatic hydroxyl groups is 1. The molecular formula is C19H31Cl2N3O2. The molecule has 3 atom stereocenters. The van der Waals surface area contributed by atoms with Crippen molar-refractivity contribution < 1.29 is 9.90 Å². The molecule has 26 heavy (non-hydrogen) atoms. The van der Waals surface area contributed by atoms with E-state index in [4.69, 9.17) is 5.73 Å². The number of halogens is 2. The lowest BCUT2D eigenvalue weighted by Crippen LogP contribution is -2.47. The molecule has 1 aliphatic carbocycles. The number of aliphatic hydroxyl groups excluding tert-OH is 1. The number of nitrogens with zero attached hydrogens (tertiary/aromatic N) is 2. The van der Waals surface area contributed by atoms with E-state index < -0.39 is 6.10 Å². The Hall–Kier alpha value is -0.850. The summed E-state index contributed by atoms with van der Waals surface area (Å²) in [5.41, 5.74) is 7.17. The third kappa shape index (κ3) is 5.57. The van der Waals surface area contributed by atoms with Gasteiger partial charge in [-0.25, -0.2) is 0 Å². The van der Waals surface area contributed by atoms with Gasteiger partial charge in [0, 0.05) is 37.6 Å². The minimum atomic E-state index is -0.520. The Morgan fingerprint density at radius 1 is 1.19 bits per heavy atom. The second kappa shape index (κ2) is 10.5. The Bertz CT molecular complexity index is 543. The molecule has 2 fully saturated rings. The predicted octanol–water partition coefficient (Wildman–Crippen LogP) is 2.05. The Balaban J connectivity index is 0.00000169. The molecule has 148 valence electrons. The van der Waals surface area contributed by atoms with Crippen molar-refractivity contribution in [1.29, 1.82) is 0 Å². The maximum Gasteiger partial charge on any atom is 0.225 e. The van der Waals surface area contributed by atoms with Crippen molar-refractivity contribution in [2.75, 3.05) is 20.1 Å². The van der Waals surface area contributed by atoms with Gasteiger partial charge < -0.3 is 15.7 Å². The first-order valence-corrected chi connectivity index (χ1v) is 9.01. The lowest BCUT2D eigenvalue weighted by molar-refractivity contribution is -0.137. The molecule has 1 aromatic carbocycles. The predicted molar refractivity (Wildman–Crippen MR) is 109 cm³/mol. The Morgan fingerprint density at radius 2 is 1.81 bits per heavy atom. The molecule has 2 aliphatic rings. The zero-order valence-electron chi connectivity index (χ0n) is 15.3. The molecule has 3 N–H and O–H groups in total. The van der Waals surface area contributed by atoms with E-state index in [1.807, 2.05) is 11.0 Å². The van der Waals surface area contributed by atoms with Crippen molar-refractivity contribution in [3.8, 4) is 0 Å². The summed E-state index contributed by atoms with van der Waals surface area (Å²) in [6.07, 6.45) is 2.64. The fourth-order valence-electron chi connectivity index (χ4n) is 4.04. The van der Waals surface area contributed by atoms with Crippen LogP contribution in [0.2, 0.25) is 0 Å². The number of hydrogen-bond donors (Lipinski definition) is 2. The molecule has 1 aliphatic heterocycles. The zero-order chi connectivity index (χ0) is 17.1. The summed E-state index contributed by atoms with van der Waals surface area (Å²) >= 11 is 0. The number of likely N-dealkylation sites (tertiary alicyclic amines) is 1. The van der Waals surface area contributed by atoms with Gasteiger partial charge in [-0.05, 0) is 38.3 Å². The van der Waals surface area contributed by atoms with E-state index in [1.165, 1.54) is 5.56 Å². The summed E-state index contributed by atoms with van der Waals surface area (Å²) in [5.74, 6) is 0.0970. The molecule has 5 nitrogen and oxygen atoms in total. The molecule has 7 heteroatoms. The first-order valence-electron chi connectivity index (χ1n) is 9.01. The third-order valence-corrected chi connectivity index (χ3v) is 5.60. The van der Waals surface area contributed by atoms with Crippen LogP contribution in [0.5, 0.6) is 0 Å². The van der Waals surface area contributed by atoms with Crippen molar-refractivity contribution in [2.45, 2.75) is 50.4 Å². The van der Waals surface area contributed by atoms with Crippen molar-refractivity contribution in [2.24, 2.45) is 11.7 Å². The first-order chi connectivity index (χ1) is 11.5. The molecule has 0 bridgehead atoms. The SMILES string of the molecule is CN(Cc1ccccc1)C1CCN(C(=O)[C@H]2C[C@H](N)[C@@H](O)C2)CC1.Cl.Cl. The molecular weight excluding hydrogens is 373 g/mol. The highest BCUT2D eigenvalue weighted by Gasteiger charge is 2.37. The highest BCUT2D eigenvalue weighted by molar-refractivity contribution is 5.85. The van der Waals surface area contributed by atoms with E-state index >= 15 is 0 Å². The smallest absolute Gasteiger partial charge is 0.225 e. The number of amides is 1. The van der Waals surface area contributed by atoms with Gasteiger partial charge >= 0.3 is 0 Å². The van der Waals surface area contributed by atoms with Gasteiger partial charge in [0.2, 0.25) is 5.91 Å². The van der Waals surface area contributed by atoms with Gasteiger partial charge in [-0.3, -0.25) is 9.69 Å². The summed E-state index contributed by atoms with van der Waals surface area (Å²) in [6.45, 7) is 2.57. The van der Waals surface area contributed by atoms with Crippen LogP contribution in [0.15, 0.2) is 30.3 Å². The fourth-order valence-corrected chi connectivity index (χ4v) is 4.04. The molecule has 0 aromatic heterocycles. The quantitative estimate of drug-likeness (QED) is 0.806. The van der Waals surface area contributed by atoms with Crippen LogP contribution in [0.4, 0.5) is 0 Å². The number of piperidine rings is 1. The second-order valence-electron chi connectivity index (χ2n) is 7.36. The molecule has 0 spiro atoms. The average Bonchev–Trinajstić information content (AvgIpc) is 2.94. The van der Waals surface area contributed by atoms with Crippen LogP contribution in [0.3, 0.4) is 0 Å². The lowest BCUT2D eigenvalue weighted by Gasteiger charge is -2.37. The highest BCUT2D eigenvalue weighted by atomic mass is 35.5. The van der Waals surface area contributed by atoms with E-state index in [-0.39, 0.29) is 42.7 Å². The molecule has 1 heterocycles. The van der Waals surface area contributed by atoms with Crippen LogP contribution in [0.1, 0.15) is 31.2 Å². The zero-order valence-corrected chi connectivity index (χ0v) is 16.9. The fraction of sp³-hybridized carbons (Fsp3) is 0.632. The molecule has 1 saturated carbocycles. The maximum atomic E-state index is 12.6. The summed E-state index contributed by atoms with van der Waals surface area (Å²) in [4.78, 5) is 17.0. The monoisotopic (exact) mass is 403 g/mol. The van der Waals surface area contributed by atoms with E-state index in [0.717, 1.165) is 32.5 Å². The van der Waals surface area contributed by atoms with Crippen LogP contribution in [-0.4, -0.2) is 59.1 Å². The number of carbonyl (C=O) groups is 1. The molecule has 1 saturated heterocycles. The molecule has 1 aromatic rings. The highest BCUT2D eigenvalue weighted by Crippen LogP contribution is 2.28. The normalized spacial score (nSPS) is 26.3. The molecule has 3 rings (SSSR count). The minimum Gasteiger partial charge on any atom is -0.391 e. The summed E-state index contributed by atoms with van der Waals surface area (Å²) in [6, 6.07) is 10.8. The van der Waals surface area contributed by atoms with Gasteiger partial charge in [0.25, 0.3) is 0 Å². The van der Waals surface area contributed by atoms with Crippen LogP contribution >= 0.6 is 24.8 Å². The number of benzene rings is 1. The largest absolute Gasteiger partial charge is 0.391 e. The van der Waals surface area contributed by atoms with Gasteiger partial charge in [-0.1, -0.05) is 30.3 Å². The number of rotatable bonds is 4. The van der Waals surface area contributed by atoms with Crippen molar-refractivity contribution in [3.63, 3.8) is 0 Å². The van der Waals surface area contributed by atoms with Gasteiger partial charge in [-0.2, -0.15) is 0 Å². The molecule has 0 radical (unpaired) electrons. The summed E-state index contributed by atoms with van der Waals surface area (Å²) in [5, 5.41) is 9.77. The van der Waals surface area contributed by atoms with Crippen LogP contribution in [0.25, 0.3) is 0 Å². The number of hydrogen-bond acceptors (Lipinski definition) is 4. The van der Waals surface area contributed by atoms with Crippen LogP contribution in [0, 0.1) is 5.92 Å². The average molecular weight is 404 g/mol. The van der Waals surface area contributed by atoms with Crippen LogP contribution in [-0.2, 0) is 11.3 Å². The maximum absolute atomic E-state index is 12.6. The second-order valence-corrected chi connectivity index (χ2v) is 7.36. The molecule has 0 unspecified atom stereocenters.